The maximum absolute atomic E-state index is 6.46. The van der Waals surface area contributed by atoms with Crippen LogP contribution in [0.15, 0.2) is 0 Å². The average Bonchev–Trinajstić information content (AvgIpc) is 2.73. The van der Waals surface area contributed by atoms with Crippen LogP contribution in [0, 0.1) is 43.4 Å². The molecule has 1 aromatic heterocycles. The lowest BCUT2D eigenvalue weighted by molar-refractivity contribution is -0.0423. The van der Waals surface area contributed by atoms with Crippen molar-refractivity contribution in [3.63, 3.8) is 0 Å². The Labute approximate surface area is 121 Å². The second-order valence-corrected chi connectivity index (χ2v) is 7.77. The molecule has 0 amide bonds. The van der Waals surface area contributed by atoms with Gasteiger partial charge in [0.15, 0.2) is 0 Å². The molecule has 110 valence electrons. The first-order valence-electron chi connectivity index (χ1n) is 8.38. The number of nitrogens with zero attached hydrogens (tertiary/aromatic N) is 1. The van der Waals surface area contributed by atoms with Crippen molar-refractivity contribution in [2.24, 2.45) is 35.3 Å². The van der Waals surface area contributed by atoms with Gasteiger partial charge in [0.05, 0.1) is 11.7 Å². The monoisotopic (exact) mass is 273 g/mol. The normalized spacial score (nSPS) is 40.2. The van der Waals surface area contributed by atoms with E-state index in [2.05, 4.69) is 23.8 Å². The van der Waals surface area contributed by atoms with Crippen LogP contribution >= 0.6 is 0 Å². The molecule has 5 rings (SSSR count). The fourth-order valence-electron chi connectivity index (χ4n) is 5.58. The van der Waals surface area contributed by atoms with Crippen LogP contribution < -0.4 is 5.73 Å². The highest BCUT2D eigenvalue weighted by atomic mass is 15.0. The quantitative estimate of drug-likeness (QED) is 0.885. The van der Waals surface area contributed by atoms with Gasteiger partial charge in [-0.3, -0.25) is 0 Å². The van der Waals surface area contributed by atoms with E-state index in [0.717, 1.165) is 47.5 Å². The van der Waals surface area contributed by atoms with Crippen LogP contribution in [0.25, 0.3) is 0 Å². The molecule has 3 N–H and O–H groups in total. The fraction of sp³-hybridized carbons (Fsp3) is 0.824. The molecule has 4 fully saturated rings. The minimum atomic E-state index is 0.102. The standard InChI is InChI=1S/C17H27N3/c1-9-10(2)20-17(19-9)16(18)8-15-13-4-11-3-12(6-13)7-14(15)5-11/h11-16H,3-8,18H2,1-2H3,(H,19,20). The van der Waals surface area contributed by atoms with Crippen molar-refractivity contribution < 1.29 is 0 Å². The molecule has 20 heavy (non-hydrogen) atoms. The van der Waals surface area contributed by atoms with E-state index in [1.165, 1.54) is 37.8 Å². The second-order valence-electron chi connectivity index (χ2n) is 7.77. The average molecular weight is 273 g/mol. The highest BCUT2D eigenvalue weighted by Crippen LogP contribution is 2.57. The molecule has 4 aliphatic carbocycles. The van der Waals surface area contributed by atoms with Gasteiger partial charge in [-0.25, -0.2) is 4.98 Å². The van der Waals surface area contributed by atoms with Gasteiger partial charge in [-0.15, -0.1) is 0 Å². The zero-order valence-corrected chi connectivity index (χ0v) is 12.7. The Hall–Kier alpha value is -0.830. The lowest BCUT2D eigenvalue weighted by Gasteiger charge is -2.55. The Kier molecular flexibility index (Phi) is 2.95. The zero-order valence-electron chi connectivity index (χ0n) is 12.7. The maximum atomic E-state index is 6.46. The second kappa shape index (κ2) is 4.59. The molecule has 3 nitrogen and oxygen atoms in total. The Morgan fingerprint density at radius 3 is 2.20 bits per heavy atom. The van der Waals surface area contributed by atoms with Gasteiger partial charge >= 0.3 is 0 Å². The number of hydrogen-bond donors (Lipinski definition) is 2. The molecule has 1 heterocycles. The Morgan fingerprint density at radius 2 is 1.70 bits per heavy atom. The minimum Gasteiger partial charge on any atom is -0.345 e. The topological polar surface area (TPSA) is 54.7 Å². The van der Waals surface area contributed by atoms with Gasteiger partial charge in [0.25, 0.3) is 0 Å². The summed E-state index contributed by atoms with van der Waals surface area (Å²) in [6.07, 6.45) is 8.62. The Bertz CT molecular complexity index is 457. The molecule has 1 atom stereocenters. The zero-order chi connectivity index (χ0) is 13.9. The number of nitrogens with two attached hydrogens (primary N) is 1. The molecule has 0 aromatic carbocycles. The predicted molar refractivity (Wildman–Crippen MR) is 80.1 cm³/mol. The van der Waals surface area contributed by atoms with Crippen molar-refractivity contribution in [2.45, 2.75) is 58.4 Å². The summed E-state index contributed by atoms with van der Waals surface area (Å²) < 4.78 is 0. The summed E-state index contributed by atoms with van der Waals surface area (Å²) >= 11 is 0. The third-order valence-electron chi connectivity index (χ3n) is 6.45. The van der Waals surface area contributed by atoms with Crippen LogP contribution in [0.5, 0.6) is 0 Å². The van der Waals surface area contributed by atoms with Gasteiger partial charge in [0.2, 0.25) is 0 Å². The third-order valence-corrected chi connectivity index (χ3v) is 6.45. The largest absolute Gasteiger partial charge is 0.345 e. The third kappa shape index (κ3) is 2.02. The van der Waals surface area contributed by atoms with Crippen molar-refractivity contribution in [3.05, 3.63) is 17.2 Å². The summed E-state index contributed by atoms with van der Waals surface area (Å²) in [6.45, 7) is 4.15. The Balaban J connectivity index is 1.48. The van der Waals surface area contributed by atoms with E-state index in [1.54, 1.807) is 0 Å². The number of rotatable bonds is 3. The van der Waals surface area contributed by atoms with E-state index in [4.69, 9.17) is 5.73 Å². The first kappa shape index (κ1) is 12.9. The smallest absolute Gasteiger partial charge is 0.123 e. The molecule has 4 saturated carbocycles. The number of nitrogens with one attached hydrogen (secondary N) is 1. The van der Waals surface area contributed by atoms with E-state index in [9.17, 15) is 0 Å². The molecule has 0 radical (unpaired) electrons. The van der Waals surface area contributed by atoms with E-state index >= 15 is 0 Å². The maximum Gasteiger partial charge on any atom is 0.123 e. The number of aromatic amines is 1. The van der Waals surface area contributed by atoms with Crippen molar-refractivity contribution in [1.29, 1.82) is 0 Å². The number of hydrogen-bond acceptors (Lipinski definition) is 2. The van der Waals surface area contributed by atoms with Gasteiger partial charge in [0, 0.05) is 5.69 Å². The summed E-state index contributed by atoms with van der Waals surface area (Å²) in [5.74, 6) is 5.91. The van der Waals surface area contributed by atoms with Gasteiger partial charge in [-0.1, -0.05) is 0 Å². The lowest BCUT2D eigenvalue weighted by atomic mass is 9.51. The summed E-state index contributed by atoms with van der Waals surface area (Å²) in [6, 6.07) is 0.102. The summed E-state index contributed by atoms with van der Waals surface area (Å²) in [5, 5.41) is 0. The van der Waals surface area contributed by atoms with Gasteiger partial charge in [0.1, 0.15) is 5.82 Å². The molecule has 0 aliphatic heterocycles. The molecule has 3 heteroatoms. The van der Waals surface area contributed by atoms with E-state index < -0.39 is 0 Å². The number of H-pyrrole nitrogens is 1. The van der Waals surface area contributed by atoms with Crippen LogP contribution in [0.4, 0.5) is 0 Å². The first-order chi connectivity index (χ1) is 9.60. The fourth-order valence-corrected chi connectivity index (χ4v) is 5.58. The van der Waals surface area contributed by atoms with Crippen molar-refractivity contribution in [1.82, 2.24) is 9.97 Å². The summed E-state index contributed by atoms with van der Waals surface area (Å²) in [4.78, 5) is 7.99. The SMILES string of the molecule is Cc1nc(C(N)CC2C3CC4CC(C3)CC2C4)[nH]c1C. The van der Waals surface area contributed by atoms with Crippen LogP contribution in [-0.4, -0.2) is 9.97 Å². The van der Waals surface area contributed by atoms with Gasteiger partial charge in [-0.05, 0) is 82.0 Å². The van der Waals surface area contributed by atoms with Gasteiger partial charge in [-0.2, -0.15) is 0 Å². The minimum absolute atomic E-state index is 0.102. The van der Waals surface area contributed by atoms with Gasteiger partial charge < -0.3 is 10.7 Å². The molecule has 1 unspecified atom stereocenters. The Morgan fingerprint density at radius 1 is 1.10 bits per heavy atom. The highest BCUT2D eigenvalue weighted by molar-refractivity contribution is 5.13. The van der Waals surface area contributed by atoms with E-state index in [0.29, 0.717) is 0 Å². The molecular formula is C17H27N3. The molecule has 0 saturated heterocycles. The van der Waals surface area contributed by atoms with Crippen LogP contribution in [0.1, 0.15) is 61.8 Å². The van der Waals surface area contributed by atoms with Crippen LogP contribution in [0.3, 0.4) is 0 Å². The molecular weight excluding hydrogens is 246 g/mol. The van der Waals surface area contributed by atoms with Crippen LogP contribution in [-0.2, 0) is 0 Å². The lowest BCUT2D eigenvalue weighted by Crippen LogP contribution is -2.45. The van der Waals surface area contributed by atoms with Crippen molar-refractivity contribution in [2.75, 3.05) is 0 Å². The number of imidazole rings is 1. The molecule has 4 bridgehead atoms. The first-order valence-corrected chi connectivity index (χ1v) is 8.38. The van der Waals surface area contributed by atoms with Crippen molar-refractivity contribution >= 4 is 0 Å². The number of aromatic nitrogens is 2. The van der Waals surface area contributed by atoms with Crippen molar-refractivity contribution in [3.8, 4) is 0 Å². The van der Waals surface area contributed by atoms with Crippen LogP contribution in [0.2, 0.25) is 0 Å². The predicted octanol–water partition coefficient (Wildman–Crippen LogP) is 3.49. The van der Waals surface area contributed by atoms with E-state index in [1.807, 2.05) is 0 Å². The molecule has 4 aliphatic rings. The molecule has 1 aromatic rings. The summed E-state index contributed by atoms with van der Waals surface area (Å²) in [7, 11) is 0. The molecule has 0 spiro atoms. The highest BCUT2D eigenvalue weighted by Gasteiger charge is 2.48. The number of aryl methyl sites for hydroxylation is 2. The van der Waals surface area contributed by atoms with E-state index in [-0.39, 0.29) is 6.04 Å². The summed E-state index contributed by atoms with van der Waals surface area (Å²) in [5.41, 5.74) is 8.73.